The normalized spacial score (nSPS) is 11.4. The van der Waals surface area contributed by atoms with Crippen LogP contribution in [0.3, 0.4) is 0 Å². The van der Waals surface area contributed by atoms with Gasteiger partial charge in [0, 0.05) is 12.2 Å². The summed E-state index contributed by atoms with van der Waals surface area (Å²) in [5.41, 5.74) is 2.89. The van der Waals surface area contributed by atoms with E-state index in [4.69, 9.17) is 0 Å². The number of amides is 3. The Balaban J connectivity index is 2.17. The molecule has 3 N–H and O–H groups in total. The van der Waals surface area contributed by atoms with E-state index in [1.54, 1.807) is 6.92 Å². The Bertz CT molecular complexity index is 684. The van der Waals surface area contributed by atoms with Crippen molar-refractivity contribution >= 4 is 17.6 Å². The first-order valence-corrected chi connectivity index (χ1v) is 8.63. The van der Waals surface area contributed by atoms with Crippen molar-refractivity contribution in [3.05, 3.63) is 65.7 Å². The first-order valence-electron chi connectivity index (χ1n) is 8.63. The number of anilines is 1. The lowest BCUT2D eigenvalue weighted by atomic mass is 10.0. The number of benzene rings is 2. The molecule has 0 radical (unpaired) electrons. The number of nitrogens with one attached hydrogen (secondary N) is 3. The van der Waals surface area contributed by atoms with Crippen LogP contribution in [0.2, 0.25) is 0 Å². The summed E-state index contributed by atoms with van der Waals surface area (Å²) in [4.78, 5) is 24.3. The highest BCUT2D eigenvalue weighted by molar-refractivity contribution is 5.98. The van der Waals surface area contributed by atoms with Crippen LogP contribution in [0.5, 0.6) is 0 Å². The van der Waals surface area contributed by atoms with Gasteiger partial charge in [-0.1, -0.05) is 55.8 Å². The molecule has 0 heterocycles. The zero-order valence-electron chi connectivity index (χ0n) is 14.7. The van der Waals surface area contributed by atoms with E-state index in [-0.39, 0.29) is 0 Å². The van der Waals surface area contributed by atoms with Gasteiger partial charge in [0.2, 0.25) is 0 Å². The Morgan fingerprint density at radius 3 is 2.24 bits per heavy atom. The Morgan fingerprint density at radius 2 is 1.64 bits per heavy atom. The summed E-state index contributed by atoms with van der Waals surface area (Å²) in [5, 5.41) is 8.17. The molecule has 0 saturated carbocycles. The summed E-state index contributed by atoms with van der Waals surface area (Å²) < 4.78 is 0. The number of urea groups is 1. The second-order valence-corrected chi connectivity index (χ2v) is 5.78. The minimum atomic E-state index is -0.652. The summed E-state index contributed by atoms with van der Waals surface area (Å²) in [7, 11) is 0. The minimum Gasteiger partial charge on any atom is -0.370 e. The molecule has 5 heteroatoms. The molecule has 0 spiro atoms. The predicted octanol–water partition coefficient (Wildman–Crippen LogP) is 3.64. The summed E-state index contributed by atoms with van der Waals surface area (Å²) in [6.45, 7) is 4.40. The molecule has 2 aromatic rings. The molecule has 1 atom stereocenters. The lowest BCUT2D eigenvalue weighted by molar-refractivity contribution is -0.120. The van der Waals surface area contributed by atoms with Gasteiger partial charge in [0.25, 0.3) is 5.91 Å². The van der Waals surface area contributed by atoms with Gasteiger partial charge in [0.05, 0.1) is 0 Å². The van der Waals surface area contributed by atoms with E-state index in [1.165, 1.54) is 5.56 Å². The Kier molecular flexibility index (Phi) is 7.01. The fourth-order valence-corrected chi connectivity index (χ4v) is 2.56. The highest BCUT2D eigenvalue weighted by Crippen LogP contribution is 2.20. The van der Waals surface area contributed by atoms with Crippen LogP contribution in [0.1, 0.15) is 37.4 Å². The number of carbonyl (C=O) groups is 2. The predicted molar refractivity (Wildman–Crippen MR) is 100 cm³/mol. The molecular weight excluding hydrogens is 314 g/mol. The van der Waals surface area contributed by atoms with Crippen molar-refractivity contribution < 1.29 is 9.59 Å². The molecule has 0 aliphatic carbocycles. The first kappa shape index (κ1) is 18.5. The molecule has 0 aromatic heterocycles. The van der Waals surface area contributed by atoms with Gasteiger partial charge in [-0.3, -0.25) is 10.1 Å². The van der Waals surface area contributed by atoms with Crippen LogP contribution in [-0.2, 0) is 11.2 Å². The molecule has 5 nitrogen and oxygen atoms in total. The van der Waals surface area contributed by atoms with Gasteiger partial charge in [-0.05, 0) is 36.6 Å². The minimum absolute atomic E-state index is 0.394. The molecule has 2 aromatic carbocycles. The molecule has 0 aliphatic heterocycles. The quantitative estimate of drug-likeness (QED) is 0.721. The highest BCUT2D eigenvalue weighted by atomic mass is 16.2. The van der Waals surface area contributed by atoms with E-state index in [2.05, 4.69) is 35.0 Å². The van der Waals surface area contributed by atoms with Crippen LogP contribution >= 0.6 is 0 Å². The van der Waals surface area contributed by atoms with Gasteiger partial charge in [-0.2, -0.15) is 0 Å². The maximum absolute atomic E-state index is 12.6. The van der Waals surface area contributed by atoms with Crippen molar-refractivity contribution in [2.75, 3.05) is 11.9 Å². The van der Waals surface area contributed by atoms with E-state index in [0.29, 0.717) is 6.54 Å². The van der Waals surface area contributed by atoms with Crippen molar-refractivity contribution in [2.45, 2.75) is 32.7 Å². The molecule has 2 rings (SSSR count). The Hall–Kier alpha value is -2.82. The van der Waals surface area contributed by atoms with Crippen molar-refractivity contribution in [3.63, 3.8) is 0 Å². The maximum atomic E-state index is 12.6. The molecule has 0 bridgehead atoms. The number of rotatable bonds is 7. The maximum Gasteiger partial charge on any atom is 0.321 e. The number of imide groups is 1. The van der Waals surface area contributed by atoms with Crippen molar-refractivity contribution in [1.29, 1.82) is 0 Å². The molecule has 25 heavy (non-hydrogen) atoms. The second-order valence-electron chi connectivity index (χ2n) is 5.78. The van der Waals surface area contributed by atoms with Gasteiger partial charge in [-0.25, -0.2) is 4.79 Å². The number of hydrogen-bond donors (Lipinski definition) is 3. The van der Waals surface area contributed by atoms with Crippen molar-refractivity contribution in [1.82, 2.24) is 10.6 Å². The van der Waals surface area contributed by atoms with Crippen LogP contribution in [0.15, 0.2) is 54.6 Å². The summed E-state index contributed by atoms with van der Waals surface area (Å²) >= 11 is 0. The Labute approximate surface area is 148 Å². The van der Waals surface area contributed by atoms with Gasteiger partial charge in [0.1, 0.15) is 6.04 Å². The SMILES string of the molecule is CCCc1ccc(N[C@H](C(=O)NC(=O)NCC)c2ccccc2)cc1. The standard InChI is InChI=1S/C20H25N3O2/c1-3-8-15-11-13-17(14-12-15)22-18(16-9-6-5-7-10-16)19(24)23-20(25)21-4-2/h5-7,9-14,18,22H,3-4,8H2,1-2H3,(H2,21,23,24,25)/t18-/m0/s1. The summed E-state index contributed by atoms with van der Waals surface area (Å²) in [5.74, 6) is -0.394. The average Bonchev–Trinajstić information content (AvgIpc) is 2.62. The van der Waals surface area contributed by atoms with Gasteiger partial charge >= 0.3 is 6.03 Å². The summed E-state index contributed by atoms with van der Waals surface area (Å²) in [6, 6.07) is 16.2. The van der Waals surface area contributed by atoms with E-state index in [0.717, 1.165) is 24.1 Å². The van der Waals surface area contributed by atoms with Crippen LogP contribution in [0, 0.1) is 0 Å². The third-order valence-electron chi connectivity index (χ3n) is 3.77. The van der Waals surface area contributed by atoms with Crippen molar-refractivity contribution in [2.24, 2.45) is 0 Å². The second kappa shape index (κ2) is 9.47. The fourth-order valence-electron chi connectivity index (χ4n) is 2.56. The molecular formula is C20H25N3O2. The van der Waals surface area contributed by atoms with E-state index in [1.807, 2.05) is 42.5 Å². The topological polar surface area (TPSA) is 70.2 Å². The van der Waals surface area contributed by atoms with E-state index >= 15 is 0 Å². The molecule has 0 saturated heterocycles. The molecule has 0 fully saturated rings. The van der Waals surface area contributed by atoms with Crippen LogP contribution in [0.4, 0.5) is 10.5 Å². The highest BCUT2D eigenvalue weighted by Gasteiger charge is 2.22. The van der Waals surface area contributed by atoms with Crippen molar-refractivity contribution in [3.8, 4) is 0 Å². The van der Waals surface area contributed by atoms with Crippen LogP contribution in [-0.4, -0.2) is 18.5 Å². The molecule has 0 aliphatic rings. The fraction of sp³-hybridized carbons (Fsp3) is 0.300. The number of carbonyl (C=O) groups excluding carboxylic acids is 2. The largest absolute Gasteiger partial charge is 0.370 e. The molecule has 0 unspecified atom stereocenters. The average molecular weight is 339 g/mol. The Morgan fingerprint density at radius 1 is 0.960 bits per heavy atom. The third-order valence-corrected chi connectivity index (χ3v) is 3.77. The van der Waals surface area contributed by atoms with Crippen LogP contribution in [0.25, 0.3) is 0 Å². The van der Waals surface area contributed by atoms with E-state index < -0.39 is 18.0 Å². The van der Waals surface area contributed by atoms with Gasteiger partial charge in [0.15, 0.2) is 0 Å². The van der Waals surface area contributed by atoms with Crippen LogP contribution < -0.4 is 16.0 Å². The zero-order chi connectivity index (χ0) is 18.1. The lowest BCUT2D eigenvalue weighted by Gasteiger charge is -2.20. The third kappa shape index (κ3) is 5.64. The van der Waals surface area contributed by atoms with E-state index in [9.17, 15) is 9.59 Å². The first-order chi connectivity index (χ1) is 12.1. The smallest absolute Gasteiger partial charge is 0.321 e. The lowest BCUT2D eigenvalue weighted by Crippen LogP contribution is -2.43. The van der Waals surface area contributed by atoms with Gasteiger partial charge < -0.3 is 10.6 Å². The molecule has 3 amide bonds. The number of aryl methyl sites for hydroxylation is 1. The zero-order valence-corrected chi connectivity index (χ0v) is 14.7. The summed E-state index contributed by atoms with van der Waals surface area (Å²) in [6.07, 6.45) is 2.12. The number of hydrogen-bond acceptors (Lipinski definition) is 3. The monoisotopic (exact) mass is 339 g/mol. The molecule has 132 valence electrons. The van der Waals surface area contributed by atoms with Gasteiger partial charge in [-0.15, -0.1) is 0 Å².